The highest BCUT2D eigenvalue weighted by Gasteiger charge is 2.52. The third-order valence-corrected chi connectivity index (χ3v) is 5.57. The van der Waals surface area contributed by atoms with Gasteiger partial charge < -0.3 is 25.1 Å². The van der Waals surface area contributed by atoms with E-state index in [1.165, 1.54) is 18.2 Å². The Hall–Kier alpha value is -2.84. The van der Waals surface area contributed by atoms with Gasteiger partial charge in [-0.15, -0.1) is 0 Å². The van der Waals surface area contributed by atoms with Crippen LogP contribution in [0.2, 0.25) is 0 Å². The summed E-state index contributed by atoms with van der Waals surface area (Å²) in [6, 6.07) is 13.7. The number of benzene rings is 2. The predicted octanol–water partition coefficient (Wildman–Crippen LogP) is 4.35. The maximum atomic E-state index is 14.3. The summed E-state index contributed by atoms with van der Waals surface area (Å²) in [6.45, 7) is 7.89. The summed E-state index contributed by atoms with van der Waals surface area (Å²) < 4.78 is 31.8. The average Bonchev–Trinajstić information content (AvgIpc) is 2.94. The third-order valence-electron chi connectivity index (χ3n) is 5.57. The molecule has 0 saturated carbocycles. The molecule has 0 aromatic heterocycles. The van der Waals surface area contributed by atoms with E-state index < -0.39 is 30.2 Å². The van der Waals surface area contributed by atoms with Gasteiger partial charge >= 0.3 is 13.2 Å². The van der Waals surface area contributed by atoms with Crippen LogP contribution in [0.3, 0.4) is 0 Å². The number of rotatable bonds is 6. The molecule has 31 heavy (non-hydrogen) atoms. The monoisotopic (exact) mass is 426 g/mol. The van der Waals surface area contributed by atoms with Crippen LogP contribution < -0.4 is 11.1 Å². The molecule has 0 aliphatic carbocycles. The van der Waals surface area contributed by atoms with Crippen molar-refractivity contribution in [3.63, 3.8) is 0 Å². The van der Waals surface area contributed by atoms with Crippen LogP contribution in [0, 0.1) is 5.82 Å². The fourth-order valence-electron chi connectivity index (χ4n) is 3.02. The molecule has 0 atom stereocenters. The van der Waals surface area contributed by atoms with Crippen molar-refractivity contribution in [1.29, 1.82) is 0 Å². The fraction of sp³-hybridized carbons (Fsp3) is 0.348. The summed E-state index contributed by atoms with van der Waals surface area (Å²) in [5.74, 6) is -0.435. The SMILES string of the molecule is CC1(C)OB(C(=Cc2cc(N)ccc2F)CNC(=O)OCc2ccccc2)OC1(C)C. The van der Waals surface area contributed by atoms with Crippen molar-refractivity contribution in [3.8, 4) is 0 Å². The lowest BCUT2D eigenvalue weighted by Gasteiger charge is -2.32. The molecule has 3 N–H and O–H groups in total. The minimum absolute atomic E-state index is 0.0543. The van der Waals surface area contributed by atoms with Crippen LogP contribution in [0.1, 0.15) is 38.8 Å². The van der Waals surface area contributed by atoms with E-state index in [1.54, 1.807) is 6.08 Å². The number of carbonyl (C=O) groups excluding carboxylic acids is 1. The third kappa shape index (κ3) is 5.65. The van der Waals surface area contributed by atoms with Crippen LogP contribution in [0.5, 0.6) is 0 Å². The molecule has 1 aliphatic heterocycles. The highest BCUT2D eigenvalue weighted by Crippen LogP contribution is 2.38. The molecule has 1 fully saturated rings. The van der Waals surface area contributed by atoms with Gasteiger partial charge in [0.1, 0.15) is 12.4 Å². The molecule has 2 aromatic carbocycles. The molecule has 8 heteroatoms. The maximum Gasteiger partial charge on any atom is 0.492 e. The van der Waals surface area contributed by atoms with Gasteiger partial charge in [0, 0.05) is 17.8 Å². The van der Waals surface area contributed by atoms with Crippen LogP contribution >= 0.6 is 0 Å². The van der Waals surface area contributed by atoms with Gasteiger partial charge in [-0.2, -0.15) is 0 Å². The van der Waals surface area contributed by atoms with E-state index >= 15 is 0 Å². The lowest BCUT2D eigenvalue weighted by atomic mass is 9.77. The molecule has 1 amide bonds. The van der Waals surface area contributed by atoms with Gasteiger partial charge in [-0.3, -0.25) is 0 Å². The Kier molecular flexibility index (Phi) is 6.72. The van der Waals surface area contributed by atoms with Crippen molar-refractivity contribution >= 4 is 25.0 Å². The van der Waals surface area contributed by atoms with Crippen molar-refractivity contribution in [1.82, 2.24) is 5.32 Å². The Labute approximate surface area is 182 Å². The number of anilines is 1. The number of amides is 1. The molecule has 0 spiro atoms. The molecule has 0 radical (unpaired) electrons. The summed E-state index contributed by atoms with van der Waals surface area (Å²) in [5.41, 5.74) is 6.77. The van der Waals surface area contributed by atoms with Gasteiger partial charge in [0.05, 0.1) is 11.2 Å². The van der Waals surface area contributed by atoms with Gasteiger partial charge in [-0.1, -0.05) is 36.4 Å². The smallest absolute Gasteiger partial charge is 0.445 e. The summed E-state index contributed by atoms with van der Waals surface area (Å²) in [5, 5.41) is 2.70. The molecule has 1 aliphatic rings. The first-order valence-corrected chi connectivity index (χ1v) is 10.1. The van der Waals surface area contributed by atoms with Gasteiger partial charge in [-0.25, -0.2) is 9.18 Å². The van der Waals surface area contributed by atoms with Crippen molar-refractivity contribution in [3.05, 3.63) is 70.9 Å². The van der Waals surface area contributed by atoms with Gasteiger partial charge in [-0.05, 0) is 56.9 Å². The molecule has 6 nitrogen and oxygen atoms in total. The second kappa shape index (κ2) is 9.12. The van der Waals surface area contributed by atoms with Crippen LogP contribution in [0.15, 0.2) is 54.0 Å². The maximum absolute atomic E-state index is 14.3. The first-order chi connectivity index (χ1) is 14.6. The number of nitrogens with two attached hydrogens (primary N) is 1. The van der Waals surface area contributed by atoms with E-state index in [9.17, 15) is 9.18 Å². The second-order valence-corrected chi connectivity index (χ2v) is 8.50. The Morgan fingerprint density at radius 1 is 1.13 bits per heavy atom. The highest BCUT2D eigenvalue weighted by atomic mass is 19.1. The van der Waals surface area contributed by atoms with E-state index in [2.05, 4.69) is 5.32 Å². The Bertz CT molecular complexity index is 947. The second-order valence-electron chi connectivity index (χ2n) is 8.50. The first-order valence-electron chi connectivity index (χ1n) is 10.1. The fourth-order valence-corrected chi connectivity index (χ4v) is 3.02. The summed E-state index contributed by atoms with van der Waals surface area (Å²) >= 11 is 0. The summed E-state index contributed by atoms with van der Waals surface area (Å²) in [4.78, 5) is 12.2. The van der Waals surface area contributed by atoms with Crippen LogP contribution in [-0.2, 0) is 20.7 Å². The number of nitrogens with one attached hydrogen (secondary N) is 1. The first kappa shape index (κ1) is 22.8. The van der Waals surface area contributed by atoms with Crippen molar-refractivity contribution in [2.24, 2.45) is 0 Å². The van der Waals surface area contributed by atoms with Crippen molar-refractivity contribution < 1.29 is 23.2 Å². The normalized spacial score (nSPS) is 17.5. The van der Waals surface area contributed by atoms with Gasteiger partial charge in [0.2, 0.25) is 0 Å². The average molecular weight is 426 g/mol. The van der Waals surface area contributed by atoms with E-state index in [4.69, 9.17) is 19.8 Å². The highest BCUT2D eigenvalue weighted by molar-refractivity contribution is 6.56. The summed E-state index contributed by atoms with van der Waals surface area (Å²) in [7, 11) is -0.764. The zero-order valence-electron chi connectivity index (χ0n) is 18.3. The molecule has 1 saturated heterocycles. The quantitative estimate of drug-likeness (QED) is 0.530. The minimum Gasteiger partial charge on any atom is -0.445 e. The van der Waals surface area contributed by atoms with Crippen molar-refractivity contribution in [2.75, 3.05) is 12.3 Å². The molecular weight excluding hydrogens is 398 g/mol. The minimum atomic E-state index is -0.764. The Morgan fingerprint density at radius 2 is 1.77 bits per heavy atom. The Morgan fingerprint density at radius 3 is 2.42 bits per heavy atom. The topological polar surface area (TPSA) is 82.8 Å². The van der Waals surface area contributed by atoms with E-state index in [1.807, 2.05) is 58.0 Å². The number of alkyl carbamates (subject to hydrolysis) is 1. The van der Waals surface area contributed by atoms with E-state index in [0.717, 1.165) is 5.56 Å². The molecule has 164 valence electrons. The van der Waals surface area contributed by atoms with Crippen LogP contribution in [0.25, 0.3) is 6.08 Å². The summed E-state index contributed by atoms with van der Waals surface area (Å²) in [6.07, 6.45) is 0.991. The predicted molar refractivity (Wildman–Crippen MR) is 120 cm³/mol. The number of halogens is 1. The molecule has 2 aromatic rings. The molecular formula is C23H28BFN2O4. The van der Waals surface area contributed by atoms with Gasteiger partial charge in [0.25, 0.3) is 0 Å². The molecule has 0 bridgehead atoms. The number of carbonyl (C=O) groups is 1. The standard InChI is InChI=1S/C23H28BFN2O4/c1-22(2)23(3,4)31-24(30-22)18(12-17-13-19(26)10-11-20(17)25)14-27-21(28)29-15-16-8-6-5-7-9-16/h5-13H,14-15,26H2,1-4H3,(H,27,28). The number of nitrogen functional groups attached to an aromatic ring is 1. The molecule has 3 rings (SSSR count). The lowest BCUT2D eigenvalue weighted by Crippen LogP contribution is -2.41. The van der Waals surface area contributed by atoms with Crippen molar-refractivity contribution in [2.45, 2.75) is 45.5 Å². The lowest BCUT2D eigenvalue weighted by molar-refractivity contribution is 0.00578. The number of hydrogen-bond acceptors (Lipinski definition) is 5. The van der Waals surface area contributed by atoms with E-state index in [-0.39, 0.29) is 18.7 Å². The van der Waals surface area contributed by atoms with Crippen LogP contribution in [0.4, 0.5) is 14.9 Å². The van der Waals surface area contributed by atoms with E-state index in [0.29, 0.717) is 11.2 Å². The number of hydrogen-bond donors (Lipinski definition) is 2. The zero-order chi connectivity index (χ0) is 22.6. The molecule has 1 heterocycles. The van der Waals surface area contributed by atoms with Gasteiger partial charge in [0.15, 0.2) is 0 Å². The zero-order valence-corrected chi connectivity index (χ0v) is 18.3. The largest absolute Gasteiger partial charge is 0.492 e. The number of ether oxygens (including phenoxy) is 1. The molecule has 0 unspecified atom stereocenters. The van der Waals surface area contributed by atoms with Crippen LogP contribution in [-0.4, -0.2) is 31.0 Å². The Balaban J connectivity index is 1.75.